The fraction of sp³-hybridized carbons (Fsp3) is 0.263. The number of nitrogens with one attached hydrogen (secondary N) is 3. The SMILES string of the molecule is COC(=O)NC(Cc1ccccc1)C(=O)NCCNc1ccccc1[N+](=O)[O-]. The van der Waals surface area contributed by atoms with Crippen molar-refractivity contribution in [3.8, 4) is 0 Å². The van der Waals surface area contributed by atoms with E-state index in [2.05, 4.69) is 20.7 Å². The molecular formula is C19H22N4O5. The maximum absolute atomic E-state index is 12.5. The molecule has 1 atom stereocenters. The predicted molar refractivity (Wildman–Crippen MR) is 104 cm³/mol. The predicted octanol–water partition coefficient (Wildman–Crippen LogP) is 2.09. The summed E-state index contributed by atoms with van der Waals surface area (Å²) in [6, 6.07) is 14.7. The number of carbonyl (C=O) groups excluding carboxylic acids is 2. The van der Waals surface area contributed by atoms with Crippen LogP contribution in [0.15, 0.2) is 54.6 Å². The molecule has 9 nitrogen and oxygen atoms in total. The van der Waals surface area contributed by atoms with Gasteiger partial charge in [0.2, 0.25) is 5.91 Å². The van der Waals surface area contributed by atoms with Gasteiger partial charge in [0.1, 0.15) is 11.7 Å². The minimum Gasteiger partial charge on any atom is -0.453 e. The van der Waals surface area contributed by atoms with E-state index in [1.165, 1.54) is 13.2 Å². The van der Waals surface area contributed by atoms with Crippen molar-refractivity contribution in [3.63, 3.8) is 0 Å². The number of amides is 2. The van der Waals surface area contributed by atoms with Crippen molar-refractivity contribution >= 4 is 23.4 Å². The number of carbonyl (C=O) groups is 2. The molecule has 0 aromatic heterocycles. The smallest absolute Gasteiger partial charge is 0.407 e. The second-order valence-electron chi connectivity index (χ2n) is 5.87. The van der Waals surface area contributed by atoms with Gasteiger partial charge in [0, 0.05) is 25.6 Å². The summed E-state index contributed by atoms with van der Waals surface area (Å²) in [5, 5.41) is 19.1. The molecule has 0 bridgehead atoms. The van der Waals surface area contributed by atoms with Crippen LogP contribution in [0.1, 0.15) is 5.56 Å². The molecular weight excluding hydrogens is 364 g/mol. The average Bonchev–Trinajstić information content (AvgIpc) is 2.71. The first kappa shape index (κ1) is 20.7. The number of methoxy groups -OCH3 is 1. The van der Waals surface area contributed by atoms with E-state index in [0.717, 1.165) is 5.56 Å². The average molecular weight is 386 g/mol. The summed E-state index contributed by atoms with van der Waals surface area (Å²) in [6.45, 7) is 0.506. The highest BCUT2D eigenvalue weighted by atomic mass is 16.6. The second kappa shape index (κ2) is 10.5. The Morgan fingerprint density at radius 2 is 1.75 bits per heavy atom. The monoisotopic (exact) mass is 386 g/mol. The highest BCUT2D eigenvalue weighted by Gasteiger charge is 2.21. The number of nitro benzene ring substituents is 1. The quantitative estimate of drug-likeness (QED) is 0.345. The maximum Gasteiger partial charge on any atom is 0.407 e. The van der Waals surface area contributed by atoms with Crippen molar-refractivity contribution in [2.45, 2.75) is 12.5 Å². The van der Waals surface area contributed by atoms with E-state index >= 15 is 0 Å². The van der Waals surface area contributed by atoms with Crippen LogP contribution in [-0.4, -0.2) is 43.2 Å². The Bertz CT molecular complexity index is 813. The van der Waals surface area contributed by atoms with E-state index in [-0.39, 0.29) is 24.7 Å². The Morgan fingerprint density at radius 1 is 1.07 bits per heavy atom. The van der Waals surface area contributed by atoms with Gasteiger partial charge in [-0.15, -0.1) is 0 Å². The van der Waals surface area contributed by atoms with Crippen LogP contribution < -0.4 is 16.0 Å². The number of rotatable bonds is 9. The topological polar surface area (TPSA) is 123 Å². The van der Waals surface area contributed by atoms with Gasteiger partial charge < -0.3 is 20.7 Å². The number of hydrogen-bond donors (Lipinski definition) is 3. The standard InChI is InChI=1S/C19H22N4O5/c1-28-19(25)22-16(13-14-7-3-2-4-8-14)18(24)21-12-11-20-15-9-5-6-10-17(15)23(26)27/h2-10,16,20H,11-13H2,1H3,(H,21,24)(H,22,25). The number of anilines is 1. The van der Waals surface area contributed by atoms with Crippen LogP contribution in [-0.2, 0) is 16.0 Å². The number of para-hydroxylation sites is 2. The van der Waals surface area contributed by atoms with E-state index in [0.29, 0.717) is 12.1 Å². The first-order valence-electron chi connectivity index (χ1n) is 8.64. The van der Waals surface area contributed by atoms with Crippen LogP contribution in [0.25, 0.3) is 0 Å². The third-order valence-corrected chi connectivity index (χ3v) is 3.92. The van der Waals surface area contributed by atoms with Gasteiger partial charge in [0.05, 0.1) is 12.0 Å². The van der Waals surface area contributed by atoms with Crippen molar-refractivity contribution in [2.24, 2.45) is 0 Å². The number of ether oxygens (including phenoxy) is 1. The highest BCUT2D eigenvalue weighted by molar-refractivity contribution is 5.85. The molecule has 28 heavy (non-hydrogen) atoms. The van der Waals surface area contributed by atoms with Gasteiger partial charge in [-0.3, -0.25) is 14.9 Å². The molecule has 0 heterocycles. The molecule has 0 fully saturated rings. The number of benzene rings is 2. The second-order valence-corrected chi connectivity index (χ2v) is 5.87. The van der Waals surface area contributed by atoms with Gasteiger partial charge in [-0.1, -0.05) is 42.5 Å². The number of alkyl carbamates (subject to hydrolysis) is 1. The number of hydrogen-bond acceptors (Lipinski definition) is 6. The molecule has 9 heteroatoms. The van der Waals surface area contributed by atoms with E-state index in [1.807, 2.05) is 30.3 Å². The van der Waals surface area contributed by atoms with Crippen LogP contribution in [0.5, 0.6) is 0 Å². The Balaban J connectivity index is 1.90. The summed E-state index contributed by atoms with van der Waals surface area (Å²) in [5.41, 5.74) is 1.22. The Hall–Kier alpha value is -3.62. The molecule has 0 aliphatic heterocycles. The molecule has 0 aliphatic carbocycles. The Labute approximate surface area is 162 Å². The van der Waals surface area contributed by atoms with Gasteiger partial charge in [-0.2, -0.15) is 0 Å². The van der Waals surface area contributed by atoms with Gasteiger partial charge in [-0.25, -0.2) is 4.79 Å². The zero-order chi connectivity index (χ0) is 20.4. The lowest BCUT2D eigenvalue weighted by atomic mass is 10.1. The highest BCUT2D eigenvalue weighted by Crippen LogP contribution is 2.22. The van der Waals surface area contributed by atoms with Crippen molar-refractivity contribution in [1.29, 1.82) is 0 Å². The summed E-state index contributed by atoms with van der Waals surface area (Å²) in [6.07, 6.45) is -0.395. The molecule has 3 N–H and O–H groups in total. The van der Waals surface area contributed by atoms with Crippen LogP contribution >= 0.6 is 0 Å². The van der Waals surface area contributed by atoms with Gasteiger partial charge in [0.15, 0.2) is 0 Å². The zero-order valence-corrected chi connectivity index (χ0v) is 15.4. The molecule has 2 amide bonds. The third kappa shape index (κ3) is 6.27. The molecule has 0 spiro atoms. The van der Waals surface area contributed by atoms with Crippen molar-refractivity contribution < 1.29 is 19.2 Å². The molecule has 0 saturated carbocycles. The molecule has 2 rings (SSSR count). The molecule has 0 aliphatic rings. The van der Waals surface area contributed by atoms with Crippen LogP contribution in [0.4, 0.5) is 16.2 Å². The van der Waals surface area contributed by atoms with Gasteiger partial charge >= 0.3 is 6.09 Å². The van der Waals surface area contributed by atoms with Crippen LogP contribution in [0.3, 0.4) is 0 Å². The number of nitrogens with zero attached hydrogens (tertiary/aromatic N) is 1. The Morgan fingerprint density at radius 3 is 2.43 bits per heavy atom. The molecule has 0 radical (unpaired) electrons. The fourth-order valence-electron chi connectivity index (χ4n) is 2.55. The first-order valence-corrected chi connectivity index (χ1v) is 8.64. The molecule has 1 unspecified atom stereocenters. The van der Waals surface area contributed by atoms with Gasteiger partial charge in [-0.05, 0) is 11.6 Å². The first-order chi connectivity index (χ1) is 13.5. The van der Waals surface area contributed by atoms with Crippen LogP contribution in [0.2, 0.25) is 0 Å². The third-order valence-electron chi connectivity index (χ3n) is 3.92. The minimum atomic E-state index is -0.805. The fourth-order valence-corrected chi connectivity index (χ4v) is 2.55. The molecule has 148 valence electrons. The lowest BCUT2D eigenvalue weighted by molar-refractivity contribution is -0.384. The normalized spacial score (nSPS) is 11.2. The summed E-state index contributed by atoms with van der Waals surface area (Å²) in [4.78, 5) is 34.5. The lowest BCUT2D eigenvalue weighted by Gasteiger charge is -2.18. The lowest BCUT2D eigenvalue weighted by Crippen LogP contribution is -2.48. The van der Waals surface area contributed by atoms with E-state index < -0.39 is 17.1 Å². The van der Waals surface area contributed by atoms with Crippen molar-refractivity contribution in [3.05, 3.63) is 70.3 Å². The summed E-state index contributed by atoms with van der Waals surface area (Å²) < 4.78 is 4.58. The largest absolute Gasteiger partial charge is 0.453 e. The summed E-state index contributed by atoms with van der Waals surface area (Å²) in [5.74, 6) is -0.376. The molecule has 2 aromatic rings. The molecule has 0 saturated heterocycles. The van der Waals surface area contributed by atoms with Crippen molar-refractivity contribution in [2.75, 3.05) is 25.5 Å². The molecule has 2 aromatic carbocycles. The van der Waals surface area contributed by atoms with E-state index in [1.54, 1.807) is 18.2 Å². The Kier molecular flexibility index (Phi) is 7.77. The summed E-state index contributed by atoms with van der Waals surface area (Å²) >= 11 is 0. The van der Waals surface area contributed by atoms with E-state index in [4.69, 9.17) is 0 Å². The minimum absolute atomic E-state index is 0.0388. The summed E-state index contributed by atoms with van der Waals surface area (Å²) in [7, 11) is 1.23. The maximum atomic E-state index is 12.5. The number of nitro groups is 1. The zero-order valence-electron chi connectivity index (χ0n) is 15.4. The van der Waals surface area contributed by atoms with Crippen LogP contribution in [0, 0.1) is 10.1 Å². The van der Waals surface area contributed by atoms with Gasteiger partial charge in [0.25, 0.3) is 5.69 Å². The van der Waals surface area contributed by atoms with E-state index in [9.17, 15) is 19.7 Å². The van der Waals surface area contributed by atoms with Crippen molar-refractivity contribution in [1.82, 2.24) is 10.6 Å².